The van der Waals surface area contributed by atoms with Crippen molar-refractivity contribution in [3.63, 3.8) is 0 Å². The van der Waals surface area contributed by atoms with Gasteiger partial charge in [0.2, 0.25) is 0 Å². The molecule has 1 amide bonds. The average Bonchev–Trinajstić information content (AvgIpc) is 2.41. The molecule has 4 heteroatoms. The highest BCUT2D eigenvalue weighted by molar-refractivity contribution is 6.04. The second-order valence-electron chi connectivity index (χ2n) is 3.69. The van der Waals surface area contributed by atoms with Gasteiger partial charge in [0.05, 0.1) is 7.11 Å². The van der Waals surface area contributed by atoms with Crippen molar-refractivity contribution in [1.82, 2.24) is 0 Å². The van der Waals surface area contributed by atoms with Crippen LogP contribution in [0.15, 0.2) is 48.5 Å². The van der Waals surface area contributed by atoms with Crippen LogP contribution < -0.4 is 10.1 Å². The van der Waals surface area contributed by atoms with Crippen molar-refractivity contribution in [2.24, 2.45) is 0 Å². The van der Waals surface area contributed by atoms with Gasteiger partial charge >= 0.3 is 0 Å². The molecule has 92 valence electrons. The molecule has 0 radical (unpaired) electrons. The van der Waals surface area contributed by atoms with E-state index in [2.05, 4.69) is 5.32 Å². The predicted molar refractivity (Wildman–Crippen MR) is 67.3 cm³/mol. The van der Waals surface area contributed by atoms with E-state index in [-0.39, 0.29) is 11.7 Å². The van der Waals surface area contributed by atoms with Crippen molar-refractivity contribution >= 4 is 11.6 Å². The Morgan fingerprint density at radius 1 is 1.06 bits per heavy atom. The summed E-state index contributed by atoms with van der Waals surface area (Å²) >= 11 is 0. The lowest BCUT2D eigenvalue weighted by atomic mass is 10.2. The van der Waals surface area contributed by atoms with Crippen LogP contribution in [-0.4, -0.2) is 13.0 Å². The van der Waals surface area contributed by atoms with E-state index in [4.69, 9.17) is 4.74 Å². The molecule has 18 heavy (non-hydrogen) atoms. The minimum atomic E-state index is -0.336. The van der Waals surface area contributed by atoms with E-state index in [0.717, 1.165) is 0 Å². The predicted octanol–water partition coefficient (Wildman–Crippen LogP) is 3.09. The fraction of sp³-hybridized carbons (Fsp3) is 0.0714. The van der Waals surface area contributed by atoms with E-state index in [1.807, 2.05) is 0 Å². The zero-order valence-corrected chi connectivity index (χ0v) is 9.81. The van der Waals surface area contributed by atoms with Crippen LogP contribution in [0.3, 0.4) is 0 Å². The zero-order valence-electron chi connectivity index (χ0n) is 9.81. The Kier molecular flexibility index (Phi) is 3.57. The number of carbonyl (C=O) groups is 1. The Hall–Kier alpha value is -2.36. The van der Waals surface area contributed by atoms with E-state index in [1.54, 1.807) is 31.4 Å². The number of amides is 1. The molecule has 2 aromatic rings. The number of carbonyl (C=O) groups excluding carboxylic acids is 1. The van der Waals surface area contributed by atoms with Gasteiger partial charge in [-0.1, -0.05) is 0 Å². The minimum absolute atomic E-state index is 0.246. The first-order valence-electron chi connectivity index (χ1n) is 5.40. The van der Waals surface area contributed by atoms with Gasteiger partial charge in [-0.15, -0.1) is 0 Å². The van der Waals surface area contributed by atoms with E-state index >= 15 is 0 Å². The molecule has 0 unspecified atom stereocenters. The lowest BCUT2D eigenvalue weighted by Crippen LogP contribution is -2.11. The molecule has 0 aliphatic heterocycles. The van der Waals surface area contributed by atoms with Gasteiger partial charge < -0.3 is 10.1 Å². The highest BCUT2D eigenvalue weighted by atomic mass is 19.1. The van der Waals surface area contributed by atoms with Gasteiger partial charge in [-0.25, -0.2) is 4.39 Å². The summed E-state index contributed by atoms with van der Waals surface area (Å²) in [4.78, 5) is 11.9. The van der Waals surface area contributed by atoms with Gasteiger partial charge in [0.1, 0.15) is 11.6 Å². The number of hydrogen-bond donors (Lipinski definition) is 1. The number of halogens is 1. The summed E-state index contributed by atoms with van der Waals surface area (Å²) in [5, 5.41) is 2.68. The Labute approximate surface area is 104 Å². The third-order valence-electron chi connectivity index (χ3n) is 2.45. The number of methoxy groups -OCH3 is 1. The van der Waals surface area contributed by atoms with Crippen LogP contribution in [0.4, 0.5) is 10.1 Å². The van der Waals surface area contributed by atoms with Crippen LogP contribution in [0.25, 0.3) is 0 Å². The molecular weight excluding hydrogens is 233 g/mol. The summed E-state index contributed by atoms with van der Waals surface area (Å²) in [7, 11) is 1.56. The molecule has 2 rings (SSSR count). The summed E-state index contributed by atoms with van der Waals surface area (Å²) in [5.74, 6) is 0.107. The van der Waals surface area contributed by atoms with E-state index < -0.39 is 0 Å². The van der Waals surface area contributed by atoms with Crippen LogP contribution in [0.2, 0.25) is 0 Å². The van der Waals surface area contributed by atoms with E-state index in [0.29, 0.717) is 17.0 Å². The van der Waals surface area contributed by atoms with E-state index in [1.165, 1.54) is 24.3 Å². The quantitative estimate of drug-likeness (QED) is 0.902. The van der Waals surface area contributed by atoms with Crippen molar-refractivity contribution in [3.05, 3.63) is 59.9 Å². The molecule has 0 heterocycles. The molecule has 0 aromatic heterocycles. The summed E-state index contributed by atoms with van der Waals surface area (Å²) in [5.41, 5.74) is 1.07. The summed E-state index contributed by atoms with van der Waals surface area (Å²) in [6.07, 6.45) is 0. The van der Waals surface area contributed by atoms with Crippen molar-refractivity contribution in [3.8, 4) is 5.75 Å². The lowest BCUT2D eigenvalue weighted by molar-refractivity contribution is 0.102. The number of rotatable bonds is 3. The molecule has 0 saturated carbocycles. The second-order valence-corrected chi connectivity index (χ2v) is 3.69. The third-order valence-corrected chi connectivity index (χ3v) is 2.45. The van der Waals surface area contributed by atoms with E-state index in [9.17, 15) is 9.18 Å². The SMILES string of the molecule is COc1ccc(C(=O)Nc2ccc(F)cc2)cc1. The van der Waals surface area contributed by atoms with Crippen LogP contribution in [-0.2, 0) is 0 Å². The lowest BCUT2D eigenvalue weighted by Gasteiger charge is -2.06. The standard InChI is InChI=1S/C14H12FNO2/c1-18-13-8-2-10(3-9-13)14(17)16-12-6-4-11(15)5-7-12/h2-9H,1H3,(H,16,17). The minimum Gasteiger partial charge on any atom is -0.497 e. The smallest absolute Gasteiger partial charge is 0.255 e. The number of nitrogens with one attached hydrogen (secondary N) is 1. The zero-order chi connectivity index (χ0) is 13.0. The van der Waals surface area contributed by atoms with Crippen LogP contribution in [0.1, 0.15) is 10.4 Å². The third kappa shape index (κ3) is 2.85. The number of hydrogen-bond acceptors (Lipinski definition) is 2. The molecule has 0 atom stereocenters. The first-order valence-corrected chi connectivity index (χ1v) is 5.40. The maximum atomic E-state index is 12.7. The summed E-state index contributed by atoms with van der Waals surface area (Å²) in [6, 6.07) is 12.4. The molecule has 2 aromatic carbocycles. The first-order chi connectivity index (χ1) is 8.69. The van der Waals surface area contributed by atoms with Crippen LogP contribution in [0, 0.1) is 5.82 Å². The van der Waals surface area contributed by atoms with Gasteiger partial charge in [-0.05, 0) is 48.5 Å². The Morgan fingerprint density at radius 2 is 1.67 bits per heavy atom. The van der Waals surface area contributed by atoms with Crippen LogP contribution in [0.5, 0.6) is 5.75 Å². The average molecular weight is 245 g/mol. The van der Waals surface area contributed by atoms with Crippen LogP contribution >= 0.6 is 0 Å². The molecule has 0 spiro atoms. The Morgan fingerprint density at radius 3 is 2.22 bits per heavy atom. The highest BCUT2D eigenvalue weighted by Gasteiger charge is 2.05. The van der Waals surface area contributed by atoms with Gasteiger partial charge in [0, 0.05) is 11.3 Å². The first kappa shape index (κ1) is 12.1. The molecule has 0 aliphatic rings. The maximum absolute atomic E-state index is 12.7. The number of ether oxygens (including phenoxy) is 1. The van der Waals surface area contributed by atoms with Crippen molar-refractivity contribution < 1.29 is 13.9 Å². The number of anilines is 1. The molecule has 0 saturated heterocycles. The topological polar surface area (TPSA) is 38.3 Å². The fourth-order valence-electron chi connectivity index (χ4n) is 1.48. The molecule has 0 bridgehead atoms. The van der Waals surface area contributed by atoms with Gasteiger partial charge in [0.25, 0.3) is 5.91 Å². The fourth-order valence-corrected chi connectivity index (χ4v) is 1.48. The molecule has 0 aliphatic carbocycles. The molecule has 0 fully saturated rings. The monoisotopic (exact) mass is 245 g/mol. The van der Waals surface area contributed by atoms with Gasteiger partial charge in [-0.2, -0.15) is 0 Å². The maximum Gasteiger partial charge on any atom is 0.255 e. The van der Waals surface area contributed by atoms with Gasteiger partial charge in [0.15, 0.2) is 0 Å². The Balaban J connectivity index is 2.09. The Bertz CT molecular complexity index is 535. The summed E-state index contributed by atoms with van der Waals surface area (Å²) in [6.45, 7) is 0. The second kappa shape index (κ2) is 5.31. The normalized spacial score (nSPS) is 9.89. The van der Waals surface area contributed by atoms with Gasteiger partial charge in [-0.3, -0.25) is 4.79 Å². The summed E-state index contributed by atoms with van der Waals surface area (Å²) < 4.78 is 17.7. The highest BCUT2D eigenvalue weighted by Crippen LogP contribution is 2.14. The van der Waals surface area contributed by atoms with Crippen molar-refractivity contribution in [1.29, 1.82) is 0 Å². The molecular formula is C14H12FNO2. The molecule has 3 nitrogen and oxygen atoms in total. The largest absolute Gasteiger partial charge is 0.497 e. The molecule has 1 N–H and O–H groups in total. The van der Waals surface area contributed by atoms with Crippen molar-refractivity contribution in [2.45, 2.75) is 0 Å². The number of benzene rings is 2. The van der Waals surface area contributed by atoms with Crippen molar-refractivity contribution in [2.75, 3.05) is 12.4 Å².